The third kappa shape index (κ3) is 2.52. The molecule has 0 radical (unpaired) electrons. The molecule has 0 saturated heterocycles. The number of hydrogen-bond donors (Lipinski definition) is 2. The van der Waals surface area contributed by atoms with Gasteiger partial charge in [-0.25, -0.2) is 0 Å². The van der Waals surface area contributed by atoms with Gasteiger partial charge in [0.05, 0.1) is 0 Å². The van der Waals surface area contributed by atoms with Crippen LogP contribution in [0.25, 0.3) is 11.4 Å². The second-order valence-corrected chi connectivity index (χ2v) is 3.42. The van der Waals surface area contributed by atoms with Crippen LogP contribution in [0.2, 0.25) is 0 Å². The smallest absolute Gasteiger partial charge is 0.423 e. The van der Waals surface area contributed by atoms with E-state index in [1.54, 1.807) is 0 Å². The van der Waals surface area contributed by atoms with E-state index < -0.39 is 19.2 Å². The monoisotopic (exact) mass is 258 g/mol. The fraction of sp³-hybridized carbons (Fsp3) is 0.111. The maximum atomic E-state index is 12.2. The van der Waals surface area contributed by atoms with Crippen LogP contribution in [-0.2, 0) is 6.18 Å². The summed E-state index contributed by atoms with van der Waals surface area (Å²) in [5.41, 5.74) is 0.311. The van der Waals surface area contributed by atoms with Gasteiger partial charge in [0.15, 0.2) is 0 Å². The van der Waals surface area contributed by atoms with E-state index in [-0.39, 0.29) is 16.9 Å². The molecule has 94 valence electrons. The number of hydrogen-bond acceptors (Lipinski definition) is 5. The van der Waals surface area contributed by atoms with Gasteiger partial charge in [-0.15, -0.1) is 0 Å². The summed E-state index contributed by atoms with van der Waals surface area (Å²) in [6.07, 6.45) is -4.71. The van der Waals surface area contributed by atoms with Crippen LogP contribution in [0, 0.1) is 0 Å². The maximum Gasteiger partial charge on any atom is 0.488 e. The molecule has 0 aliphatic carbocycles. The van der Waals surface area contributed by atoms with Crippen LogP contribution in [0.1, 0.15) is 5.89 Å². The van der Waals surface area contributed by atoms with Gasteiger partial charge in [-0.1, -0.05) is 29.4 Å². The molecule has 0 atom stereocenters. The molecule has 2 rings (SSSR count). The molecule has 1 aromatic carbocycles. The van der Waals surface area contributed by atoms with Crippen molar-refractivity contribution in [1.29, 1.82) is 0 Å². The normalized spacial score (nSPS) is 11.6. The first-order valence-corrected chi connectivity index (χ1v) is 4.75. The number of aromatic nitrogens is 2. The molecule has 2 N–H and O–H groups in total. The van der Waals surface area contributed by atoms with E-state index in [4.69, 9.17) is 10.0 Å². The Morgan fingerprint density at radius 3 is 2.50 bits per heavy atom. The fourth-order valence-electron chi connectivity index (χ4n) is 1.29. The Morgan fingerprint density at radius 2 is 1.94 bits per heavy atom. The van der Waals surface area contributed by atoms with Gasteiger partial charge in [-0.05, 0) is 5.46 Å². The van der Waals surface area contributed by atoms with E-state index in [2.05, 4.69) is 14.7 Å². The molecule has 5 nitrogen and oxygen atoms in total. The summed E-state index contributed by atoms with van der Waals surface area (Å²) < 4.78 is 40.8. The molecule has 0 saturated carbocycles. The van der Waals surface area contributed by atoms with Crippen LogP contribution in [0.4, 0.5) is 13.2 Å². The topological polar surface area (TPSA) is 79.4 Å². The van der Waals surface area contributed by atoms with Crippen LogP contribution in [0.15, 0.2) is 28.8 Å². The van der Waals surface area contributed by atoms with Gasteiger partial charge in [0.2, 0.25) is 5.82 Å². The lowest BCUT2D eigenvalue weighted by Crippen LogP contribution is -2.29. The Morgan fingerprint density at radius 1 is 1.22 bits per heavy atom. The van der Waals surface area contributed by atoms with Crippen molar-refractivity contribution >= 4 is 12.6 Å². The molecule has 0 aliphatic rings. The molecule has 2 aromatic rings. The Balaban J connectivity index is 2.37. The lowest BCUT2D eigenvalue weighted by Gasteiger charge is -2.00. The quantitative estimate of drug-likeness (QED) is 0.764. The number of rotatable bonds is 2. The molecule has 0 amide bonds. The Kier molecular flexibility index (Phi) is 3.10. The maximum absolute atomic E-state index is 12.2. The van der Waals surface area contributed by atoms with Gasteiger partial charge in [0.25, 0.3) is 0 Å². The average Bonchev–Trinajstić information content (AvgIpc) is 2.78. The van der Waals surface area contributed by atoms with E-state index in [0.29, 0.717) is 0 Å². The van der Waals surface area contributed by atoms with Crippen molar-refractivity contribution in [2.45, 2.75) is 6.18 Å². The SMILES string of the molecule is OB(O)c1cccc(-c2noc(C(F)(F)F)n2)c1. The second-order valence-electron chi connectivity index (χ2n) is 3.42. The van der Waals surface area contributed by atoms with Crippen molar-refractivity contribution in [3.8, 4) is 11.4 Å². The van der Waals surface area contributed by atoms with E-state index >= 15 is 0 Å². The van der Waals surface area contributed by atoms with Crippen molar-refractivity contribution in [3.63, 3.8) is 0 Å². The minimum atomic E-state index is -4.71. The molecule has 0 bridgehead atoms. The van der Waals surface area contributed by atoms with E-state index in [9.17, 15) is 13.2 Å². The first kappa shape index (κ1) is 12.6. The zero-order valence-corrected chi connectivity index (χ0v) is 8.72. The molecule has 1 aromatic heterocycles. The predicted octanol–water partition coefficient (Wildman–Crippen LogP) is 0.435. The highest BCUT2D eigenvalue weighted by molar-refractivity contribution is 6.58. The minimum absolute atomic E-state index is 0.117. The lowest BCUT2D eigenvalue weighted by molar-refractivity contribution is -0.159. The van der Waals surface area contributed by atoms with E-state index in [1.165, 1.54) is 24.3 Å². The summed E-state index contributed by atoms with van der Waals surface area (Å²) in [6, 6.07) is 5.53. The zero-order chi connectivity index (χ0) is 13.3. The van der Waals surface area contributed by atoms with Crippen molar-refractivity contribution in [2.75, 3.05) is 0 Å². The number of halogens is 3. The van der Waals surface area contributed by atoms with Gasteiger partial charge in [0.1, 0.15) is 0 Å². The molecular weight excluding hydrogens is 252 g/mol. The molecule has 9 heteroatoms. The zero-order valence-electron chi connectivity index (χ0n) is 8.72. The standard InChI is InChI=1S/C9H6BF3N2O3/c11-9(12,13)8-14-7(15-18-8)5-2-1-3-6(4-5)10(16)17/h1-4,16-17H. The predicted molar refractivity (Wildman–Crippen MR) is 54.6 cm³/mol. The molecule has 0 unspecified atom stereocenters. The Bertz CT molecular complexity index is 556. The number of benzene rings is 1. The summed E-state index contributed by atoms with van der Waals surface area (Å²) >= 11 is 0. The van der Waals surface area contributed by atoms with Crippen molar-refractivity contribution < 1.29 is 27.7 Å². The fourth-order valence-corrected chi connectivity index (χ4v) is 1.29. The second kappa shape index (κ2) is 4.43. The minimum Gasteiger partial charge on any atom is -0.423 e. The first-order valence-electron chi connectivity index (χ1n) is 4.75. The van der Waals surface area contributed by atoms with Crippen LogP contribution in [0.3, 0.4) is 0 Å². The van der Waals surface area contributed by atoms with E-state index in [0.717, 1.165) is 0 Å². The van der Waals surface area contributed by atoms with Crippen LogP contribution in [0.5, 0.6) is 0 Å². The third-order valence-electron chi connectivity index (χ3n) is 2.11. The van der Waals surface area contributed by atoms with E-state index in [1.807, 2.05) is 0 Å². The summed E-state index contributed by atoms with van der Waals surface area (Å²) in [5.74, 6) is -1.72. The highest BCUT2D eigenvalue weighted by atomic mass is 19.4. The molecular formula is C9H6BF3N2O3. The molecule has 0 aliphatic heterocycles. The van der Waals surface area contributed by atoms with Crippen molar-refractivity contribution in [3.05, 3.63) is 30.2 Å². The van der Waals surface area contributed by atoms with Gasteiger partial charge in [-0.2, -0.15) is 18.2 Å². The largest absolute Gasteiger partial charge is 0.488 e. The van der Waals surface area contributed by atoms with Gasteiger partial charge < -0.3 is 14.6 Å². The third-order valence-corrected chi connectivity index (χ3v) is 2.11. The number of nitrogens with zero attached hydrogens (tertiary/aromatic N) is 2. The number of alkyl halides is 3. The average molecular weight is 258 g/mol. The van der Waals surface area contributed by atoms with Gasteiger partial charge in [0, 0.05) is 5.56 Å². The summed E-state index contributed by atoms with van der Waals surface area (Å²) in [4.78, 5) is 3.19. The van der Waals surface area contributed by atoms with Gasteiger partial charge >= 0.3 is 19.2 Å². The van der Waals surface area contributed by atoms with Crippen molar-refractivity contribution in [1.82, 2.24) is 10.1 Å². The summed E-state index contributed by atoms with van der Waals surface area (Å²) in [6.45, 7) is 0. The lowest BCUT2D eigenvalue weighted by atomic mass is 9.79. The first-order chi connectivity index (χ1) is 8.38. The van der Waals surface area contributed by atoms with Crippen LogP contribution < -0.4 is 5.46 Å². The molecule has 1 heterocycles. The van der Waals surface area contributed by atoms with Gasteiger partial charge in [-0.3, -0.25) is 0 Å². The highest BCUT2D eigenvalue weighted by Crippen LogP contribution is 2.29. The van der Waals surface area contributed by atoms with Crippen molar-refractivity contribution in [2.24, 2.45) is 0 Å². The molecule has 0 fully saturated rings. The Hall–Kier alpha value is -1.87. The highest BCUT2D eigenvalue weighted by Gasteiger charge is 2.38. The molecule has 18 heavy (non-hydrogen) atoms. The summed E-state index contributed by atoms with van der Waals surface area (Å²) in [5, 5.41) is 21.1. The molecule has 0 spiro atoms. The Labute approximate surface area is 99.0 Å². The van der Waals surface area contributed by atoms with Crippen LogP contribution in [-0.4, -0.2) is 27.3 Å². The summed E-state index contributed by atoms with van der Waals surface area (Å²) in [7, 11) is -1.72. The van der Waals surface area contributed by atoms with Crippen LogP contribution >= 0.6 is 0 Å².